The van der Waals surface area contributed by atoms with Crippen LogP contribution in [0, 0.1) is 34.6 Å². The fourth-order valence-corrected chi connectivity index (χ4v) is 4.12. The van der Waals surface area contributed by atoms with Gasteiger partial charge in [0.05, 0.1) is 11.3 Å². The molecule has 0 atom stereocenters. The highest BCUT2D eigenvalue weighted by molar-refractivity contribution is 6.53. The van der Waals surface area contributed by atoms with E-state index in [0.29, 0.717) is 22.7 Å². The zero-order valence-electron chi connectivity index (χ0n) is 20.2. The van der Waals surface area contributed by atoms with Gasteiger partial charge in [-0.2, -0.15) is 0 Å². The molecule has 6 nitrogen and oxygen atoms in total. The van der Waals surface area contributed by atoms with Gasteiger partial charge in [-0.25, -0.2) is 9.69 Å². The molecule has 0 fully saturated rings. The van der Waals surface area contributed by atoms with Crippen molar-refractivity contribution < 1.29 is 19.1 Å². The van der Waals surface area contributed by atoms with Crippen LogP contribution in [0.15, 0.2) is 65.3 Å². The first-order chi connectivity index (χ1) is 16.6. The smallest absolute Gasteiger partial charge is 0.343 e. The molecule has 0 bridgehead atoms. The molecular weight excluding hydrogens is 464 g/mol. The van der Waals surface area contributed by atoms with E-state index in [1.807, 2.05) is 52.8 Å². The number of carbonyl (C=O) groups is 3. The summed E-state index contributed by atoms with van der Waals surface area (Å²) in [6, 6.07) is 15.7. The molecule has 0 aromatic heterocycles. The number of carbonyl (C=O) groups excluding carboxylic acids is 3. The molecule has 35 heavy (non-hydrogen) atoms. The van der Waals surface area contributed by atoms with Gasteiger partial charge in [-0.1, -0.05) is 29.8 Å². The van der Waals surface area contributed by atoms with E-state index < -0.39 is 17.8 Å². The molecule has 0 unspecified atom stereocenters. The minimum atomic E-state index is -0.586. The summed E-state index contributed by atoms with van der Waals surface area (Å²) in [4.78, 5) is 39.6. The van der Waals surface area contributed by atoms with Crippen LogP contribution < -0.4 is 15.0 Å². The van der Waals surface area contributed by atoms with Gasteiger partial charge in [-0.3, -0.25) is 9.59 Å². The van der Waals surface area contributed by atoms with Crippen molar-refractivity contribution in [3.63, 3.8) is 0 Å². The predicted octanol–water partition coefficient (Wildman–Crippen LogP) is 5.88. The average Bonchev–Trinajstić information content (AvgIpc) is 3.02. The molecule has 1 aliphatic rings. The first-order valence-electron chi connectivity index (χ1n) is 11.1. The third-order valence-electron chi connectivity index (χ3n) is 6.20. The van der Waals surface area contributed by atoms with Crippen LogP contribution in [-0.4, -0.2) is 17.8 Å². The summed E-state index contributed by atoms with van der Waals surface area (Å²) in [5, 5.41) is 2.74. The maximum absolute atomic E-state index is 13.1. The van der Waals surface area contributed by atoms with Crippen LogP contribution >= 0.6 is 11.6 Å². The van der Waals surface area contributed by atoms with Gasteiger partial charge >= 0.3 is 5.97 Å². The lowest BCUT2D eigenvalue weighted by Gasteiger charge is -2.18. The molecular formula is C28H25ClN2O4. The van der Waals surface area contributed by atoms with E-state index in [4.69, 9.17) is 16.3 Å². The Morgan fingerprint density at radius 1 is 0.857 bits per heavy atom. The van der Waals surface area contributed by atoms with Crippen LogP contribution in [0.1, 0.15) is 38.2 Å². The molecule has 0 saturated carbocycles. The van der Waals surface area contributed by atoms with Crippen molar-refractivity contribution in [1.29, 1.82) is 0 Å². The number of halogens is 1. The maximum atomic E-state index is 13.1. The molecule has 7 heteroatoms. The zero-order chi connectivity index (χ0) is 25.4. The highest BCUT2D eigenvalue weighted by atomic mass is 35.5. The van der Waals surface area contributed by atoms with Crippen molar-refractivity contribution in [2.75, 3.05) is 10.2 Å². The lowest BCUT2D eigenvalue weighted by Crippen LogP contribution is -2.33. The number of nitrogens with zero attached hydrogens (tertiary/aromatic N) is 1. The quantitative estimate of drug-likeness (QED) is 0.275. The van der Waals surface area contributed by atoms with Crippen molar-refractivity contribution in [3.8, 4) is 5.75 Å². The maximum Gasteiger partial charge on any atom is 0.343 e. The van der Waals surface area contributed by atoms with Crippen molar-refractivity contribution in [1.82, 2.24) is 0 Å². The van der Waals surface area contributed by atoms with E-state index in [0.717, 1.165) is 32.7 Å². The van der Waals surface area contributed by atoms with Gasteiger partial charge in [0.25, 0.3) is 11.8 Å². The van der Waals surface area contributed by atoms with Crippen molar-refractivity contribution >= 4 is 40.8 Å². The third-order valence-corrected chi connectivity index (χ3v) is 6.55. The largest absolute Gasteiger partial charge is 0.423 e. The van der Waals surface area contributed by atoms with Gasteiger partial charge in [0.2, 0.25) is 0 Å². The average molecular weight is 489 g/mol. The summed E-state index contributed by atoms with van der Waals surface area (Å²) in [5.74, 6) is -1.09. The second-order valence-electron chi connectivity index (χ2n) is 8.65. The topological polar surface area (TPSA) is 75.7 Å². The van der Waals surface area contributed by atoms with Crippen LogP contribution in [0.4, 0.5) is 11.4 Å². The molecule has 0 spiro atoms. The van der Waals surface area contributed by atoms with Crippen LogP contribution in [0.3, 0.4) is 0 Å². The lowest BCUT2D eigenvalue weighted by molar-refractivity contribution is -0.120. The Morgan fingerprint density at radius 2 is 1.54 bits per heavy atom. The van der Waals surface area contributed by atoms with Gasteiger partial charge in [-0.05, 0) is 98.8 Å². The summed E-state index contributed by atoms with van der Waals surface area (Å²) in [6.07, 6.45) is 0. The first kappa shape index (κ1) is 24.2. The van der Waals surface area contributed by atoms with E-state index >= 15 is 0 Å². The van der Waals surface area contributed by atoms with E-state index in [2.05, 4.69) is 5.32 Å². The minimum absolute atomic E-state index is 0.0150. The zero-order valence-corrected chi connectivity index (χ0v) is 20.9. The summed E-state index contributed by atoms with van der Waals surface area (Å²) < 4.78 is 5.60. The fraction of sp³-hybridized carbons (Fsp3) is 0.179. The number of ether oxygens (including phenoxy) is 1. The standard InChI is InChI=1S/C28H25ClN2O4/c1-15-13-17(3)19(5)23(14-15)35-28(34)20-9-11-21(12-10-20)30-25-24(29)26(32)31(27(25)33)22-8-6-7-16(2)18(22)4/h6-14,30H,1-5H3. The van der Waals surface area contributed by atoms with Crippen LogP contribution in [0.5, 0.6) is 5.75 Å². The molecule has 0 radical (unpaired) electrons. The highest BCUT2D eigenvalue weighted by Gasteiger charge is 2.39. The Hall–Kier alpha value is -3.90. The van der Waals surface area contributed by atoms with Crippen LogP contribution in [-0.2, 0) is 9.59 Å². The van der Waals surface area contributed by atoms with Crippen molar-refractivity contribution in [2.24, 2.45) is 0 Å². The van der Waals surface area contributed by atoms with Crippen LogP contribution in [0.2, 0.25) is 0 Å². The van der Waals surface area contributed by atoms with Gasteiger partial charge in [-0.15, -0.1) is 0 Å². The normalized spacial score (nSPS) is 13.5. The Balaban J connectivity index is 1.52. The Bertz CT molecular complexity index is 1410. The van der Waals surface area contributed by atoms with Gasteiger partial charge in [0.15, 0.2) is 0 Å². The first-order valence-corrected chi connectivity index (χ1v) is 11.5. The molecule has 0 aliphatic carbocycles. The number of anilines is 2. The molecule has 1 heterocycles. The highest BCUT2D eigenvalue weighted by Crippen LogP contribution is 2.33. The predicted molar refractivity (Wildman–Crippen MR) is 137 cm³/mol. The van der Waals surface area contributed by atoms with Crippen molar-refractivity contribution in [2.45, 2.75) is 34.6 Å². The van der Waals surface area contributed by atoms with Gasteiger partial charge in [0, 0.05) is 5.69 Å². The number of rotatable bonds is 5. The number of aryl methyl sites for hydroxylation is 3. The Kier molecular flexibility index (Phi) is 6.50. The second kappa shape index (κ2) is 9.39. The lowest BCUT2D eigenvalue weighted by atomic mass is 10.1. The molecule has 0 saturated heterocycles. The molecule has 1 aliphatic heterocycles. The second-order valence-corrected chi connectivity index (χ2v) is 9.03. The van der Waals surface area contributed by atoms with E-state index in [-0.39, 0.29) is 10.7 Å². The minimum Gasteiger partial charge on any atom is -0.423 e. The Morgan fingerprint density at radius 3 is 2.23 bits per heavy atom. The number of amides is 2. The number of esters is 1. The van der Waals surface area contributed by atoms with Crippen molar-refractivity contribution in [3.05, 3.63) is 98.7 Å². The summed E-state index contributed by atoms with van der Waals surface area (Å²) in [7, 11) is 0. The number of benzene rings is 3. The van der Waals surface area contributed by atoms with Crippen LogP contribution in [0.25, 0.3) is 0 Å². The number of hydrogen-bond donors (Lipinski definition) is 1. The monoisotopic (exact) mass is 488 g/mol. The Labute approximate surface area is 209 Å². The number of hydrogen-bond acceptors (Lipinski definition) is 5. The van der Waals surface area contributed by atoms with Gasteiger partial charge in [0.1, 0.15) is 16.5 Å². The number of nitrogens with one attached hydrogen (secondary N) is 1. The molecule has 2 amide bonds. The van der Waals surface area contributed by atoms with E-state index in [1.165, 1.54) is 0 Å². The van der Waals surface area contributed by atoms with Gasteiger partial charge < -0.3 is 10.1 Å². The molecule has 3 aromatic rings. The third kappa shape index (κ3) is 4.57. The summed E-state index contributed by atoms with van der Waals surface area (Å²) >= 11 is 6.25. The molecule has 3 aromatic carbocycles. The molecule has 1 N–H and O–H groups in total. The van der Waals surface area contributed by atoms with E-state index in [9.17, 15) is 14.4 Å². The summed E-state index contributed by atoms with van der Waals surface area (Å²) in [6.45, 7) is 9.58. The molecule has 178 valence electrons. The van der Waals surface area contributed by atoms with E-state index in [1.54, 1.807) is 36.4 Å². The number of imide groups is 1. The fourth-order valence-electron chi connectivity index (χ4n) is 3.91. The SMILES string of the molecule is Cc1cc(C)c(C)c(OC(=O)c2ccc(NC3=C(Cl)C(=O)N(c4cccc(C)c4C)C3=O)cc2)c1. The molecule has 4 rings (SSSR count). The summed E-state index contributed by atoms with van der Waals surface area (Å²) in [5.41, 5.74) is 6.06.